The summed E-state index contributed by atoms with van der Waals surface area (Å²) in [7, 11) is 0. The molecule has 0 atom stereocenters. The van der Waals surface area contributed by atoms with Gasteiger partial charge in [0.05, 0.1) is 10.6 Å². The molecule has 1 aliphatic rings. The third-order valence-electron chi connectivity index (χ3n) is 3.83. The first-order chi connectivity index (χ1) is 9.98. The molecule has 0 unspecified atom stereocenters. The van der Waals surface area contributed by atoms with Gasteiger partial charge in [-0.05, 0) is 31.0 Å². The molecule has 21 heavy (non-hydrogen) atoms. The molecular formula is C14H17ClFN3O2. The van der Waals surface area contributed by atoms with Crippen molar-refractivity contribution < 1.29 is 14.4 Å². The van der Waals surface area contributed by atoms with Crippen LogP contribution in [0.2, 0.25) is 5.02 Å². The molecule has 1 amide bonds. The van der Waals surface area contributed by atoms with Gasteiger partial charge >= 0.3 is 0 Å². The van der Waals surface area contributed by atoms with E-state index >= 15 is 0 Å². The zero-order valence-electron chi connectivity index (χ0n) is 11.4. The van der Waals surface area contributed by atoms with Gasteiger partial charge in [-0.15, -0.1) is 0 Å². The third-order valence-corrected chi connectivity index (χ3v) is 4.15. The van der Waals surface area contributed by atoms with Crippen LogP contribution in [0, 0.1) is 5.82 Å². The summed E-state index contributed by atoms with van der Waals surface area (Å²) in [5, 5.41) is 14.8. The van der Waals surface area contributed by atoms with Gasteiger partial charge in [-0.3, -0.25) is 4.79 Å². The van der Waals surface area contributed by atoms with E-state index in [0.717, 1.165) is 31.4 Å². The van der Waals surface area contributed by atoms with Crippen molar-refractivity contribution in [1.29, 1.82) is 0 Å². The summed E-state index contributed by atoms with van der Waals surface area (Å²) in [4.78, 5) is 12.4. The van der Waals surface area contributed by atoms with Crippen LogP contribution in [0.4, 0.5) is 4.39 Å². The molecular weight excluding hydrogens is 297 g/mol. The first kappa shape index (κ1) is 15.6. The summed E-state index contributed by atoms with van der Waals surface area (Å²) in [6, 6.07) is 3.56. The molecule has 1 aromatic carbocycles. The van der Waals surface area contributed by atoms with Gasteiger partial charge in [0.15, 0.2) is 5.84 Å². The molecule has 1 fully saturated rings. The lowest BCUT2D eigenvalue weighted by Gasteiger charge is -2.36. The Morgan fingerprint density at radius 1 is 1.38 bits per heavy atom. The molecule has 114 valence electrons. The first-order valence-corrected chi connectivity index (χ1v) is 7.12. The maximum Gasteiger partial charge on any atom is 0.253 e. The first-order valence-electron chi connectivity index (χ1n) is 6.74. The summed E-state index contributed by atoms with van der Waals surface area (Å²) in [5.74, 6) is -0.998. The average molecular weight is 314 g/mol. The molecule has 1 aromatic rings. The van der Waals surface area contributed by atoms with Crippen molar-refractivity contribution in [1.82, 2.24) is 5.32 Å². The van der Waals surface area contributed by atoms with Crippen molar-refractivity contribution in [2.24, 2.45) is 10.9 Å². The molecule has 5 nitrogen and oxygen atoms in total. The van der Waals surface area contributed by atoms with Gasteiger partial charge in [0.1, 0.15) is 11.4 Å². The highest BCUT2D eigenvalue weighted by atomic mass is 35.5. The van der Waals surface area contributed by atoms with Gasteiger partial charge in [0.25, 0.3) is 5.91 Å². The van der Waals surface area contributed by atoms with Crippen LogP contribution in [0.3, 0.4) is 0 Å². The number of oxime groups is 1. The van der Waals surface area contributed by atoms with Crippen LogP contribution in [-0.4, -0.2) is 22.5 Å². The fourth-order valence-electron chi connectivity index (χ4n) is 2.65. The second kappa shape index (κ2) is 6.30. The standard InChI is InChI=1S/C14H17ClFN3O2/c15-11-8-9(16)4-5-10(11)12(20)18-14(13(17)19-21)6-2-1-3-7-14/h4-5,8,21H,1-3,6-7H2,(H2,17,19)(H,18,20). The minimum Gasteiger partial charge on any atom is -0.409 e. The monoisotopic (exact) mass is 313 g/mol. The van der Waals surface area contributed by atoms with Gasteiger partial charge in [0.2, 0.25) is 0 Å². The van der Waals surface area contributed by atoms with E-state index in [4.69, 9.17) is 22.5 Å². The summed E-state index contributed by atoms with van der Waals surface area (Å²) < 4.78 is 13.0. The third kappa shape index (κ3) is 3.26. The number of nitrogens with two attached hydrogens (primary N) is 1. The predicted molar refractivity (Wildman–Crippen MR) is 78.1 cm³/mol. The molecule has 0 aromatic heterocycles. The van der Waals surface area contributed by atoms with Gasteiger partial charge in [-0.25, -0.2) is 4.39 Å². The number of amidine groups is 1. The lowest BCUT2D eigenvalue weighted by molar-refractivity contribution is 0.0906. The fraction of sp³-hybridized carbons (Fsp3) is 0.429. The van der Waals surface area contributed by atoms with E-state index in [1.165, 1.54) is 6.07 Å². The lowest BCUT2D eigenvalue weighted by Crippen LogP contribution is -2.58. The van der Waals surface area contributed by atoms with Gasteiger partial charge in [0, 0.05) is 0 Å². The quantitative estimate of drug-likeness (QED) is 0.347. The number of halogens is 2. The minimum atomic E-state index is -0.873. The zero-order chi connectivity index (χ0) is 15.5. The second-order valence-corrected chi connectivity index (χ2v) is 5.61. The van der Waals surface area contributed by atoms with Crippen LogP contribution in [0.25, 0.3) is 0 Å². The van der Waals surface area contributed by atoms with E-state index in [0.29, 0.717) is 12.8 Å². The molecule has 0 saturated heterocycles. The van der Waals surface area contributed by atoms with E-state index in [1.54, 1.807) is 0 Å². The molecule has 1 aliphatic carbocycles. The Labute approximate surface area is 127 Å². The van der Waals surface area contributed by atoms with E-state index in [-0.39, 0.29) is 16.4 Å². The second-order valence-electron chi connectivity index (χ2n) is 5.21. The van der Waals surface area contributed by atoms with Gasteiger partial charge in [-0.2, -0.15) is 0 Å². The highest BCUT2D eigenvalue weighted by Crippen LogP contribution is 2.29. The maximum atomic E-state index is 13.0. The Kier molecular flexibility index (Phi) is 4.67. The van der Waals surface area contributed by atoms with Crippen LogP contribution >= 0.6 is 11.6 Å². The normalized spacial score (nSPS) is 18.3. The molecule has 4 N–H and O–H groups in total. The topological polar surface area (TPSA) is 87.7 Å². The number of rotatable bonds is 3. The number of amides is 1. The number of nitrogens with zero attached hydrogens (tertiary/aromatic N) is 1. The van der Waals surface area contributed by atoms with Crippen molar-refractivity contribution in [3.8, 4) is 0 Å². The van der Waals surface area contributed by atoms with Crippen LogP contribution in [0.15, 0.2) is 23.4 Å². The summed E-state index contributed by atoms with van der Waals surface area (Å²) >= 11 is 5.89. The Morgan fingerprint density at radius 3 is 2.62 bits per heavy atom. The number of benzene rings is 1. The predicted octanol–water partition coefficient (Wildman–Crippen LogP) is 2.66. The molecule has 0 heterocycles. The molecule has 0 bridgehead atoms. The molecule has 2 rings (SSSR count). The van der Waals surface area contributed by atoms with Crippen LogP contribution in [0.5, 0.6) is 0 Å². The smallest absolute Gasteiger partial charge is 0.253 e. The van der Waals surface area contributed by atoms with E-state index in [1.807, 2.05) is 0 Å². The number of carbonyl (C=O) groups excluding carboxylic acids is 1. The van der Waals surface area contributed by atoms with Crippen molar-refractivity contribution >= 4 is 23.3 Å². The Balaban J connectivity index is 2.26. The molecule has 0 aliphatic heterocycles. The fourth-order valence-corrected chi connectivity index (χ4v) is 2.91. The van der Waals surface area contributed by atoms with Gasteiger partial charge in [-0.1, -0.05) is 36.0 Å². The average Bonchev–Trinajstić information content (AvgIpc) is 2.47. The molecule has 0 radical (unpaired) electrons. The highest BCUT2D eigenvalue weighted by Gasteiger charge is 2.38. The van der Waals surface area contributed by atoms with Crippen LogP contribution in [0.1, 0.15) is 42.5 Å². The van der Waals surface area contributed by atoms with Crippen molar-refractivity contribution in [2.45, 2.75) is 37.6 Å². The number of hydrogen-bond acceptors (Lipinski definition) is 3. The van der Waals surface area contributed by atoms with Crippen molar-refractivity contribution in [3.05, 3.63) is 34.6 Å². The zero-order valence-corrected chi connectivity index (χ0v) is 12.2. The minimum absolute atomic E-state index is 0.0196. The van der Waals surface area contributed by atoms with E-state index < -0.39 is 17.3 Å². The number of hydrogen-bond donors (Lipinski definition) is 3. The highest BCUT2D eigenvalue weighted by molar-refractivity contribution is 6.33. The Hall–Kier alpha value is -1.82. The number of carbonyl (C=O) groups is 1. The summed E-state index contributed by atoms with van der Waals surface area (Å²) in [6.07, 6.45) is 3.95. The maximum absolute atomic E-state index is 13.0. The molecule has 0 spiro atoms. The largest absolute Gasteiger partial charge is 0.409 e. The summed E-state index contributed by atoms with van der Waals surface area (Å²) in [5.41, 5.74) is 5.05. The Morgan fingerprint density at radius 2 is 2.05 bits per heavy atom. The number of nitrogens with one attached hydrogen (secondary N) is 1. The van der Waals surface area contributed by atoms with Crippen molar-refractivity contribution in [3.63, 3.8) is 0 Å². The lowest BCUT2D eigenvalue weighted by atomic mass is 9.80. The van der Waals surface area contributed by atoms with Crippen LogP contribution in [-0.2, 0) is 0 Å². The Bertz CT molecular complexity index is 571. The van der Waals surface area contributed by atoms with Gasteiger partial charge < -0.3 is 16.3 Å². The van der Waals surface area contributed by atoms with Crippen molar-refractivity contribution in [2.75, 3.05) is 0 Å². The molecule has 7 heteroatoms. The van der Waals surface area contributed by atoms with E-state index in [9.17, 15) is 9.18 Å². The summed E-state index contributed by atoms with van der Waals surface area (Å²) in [6.45, 7) is 0. The SMILES string of the molecule is N/C(=N/O)C1(NC(=O)c2ccc(F)cc2Cl)CCCCC1. The van der Waals surface area contributed by atoms with Crippen LogP contribution < -0.4 is 11.1 Å². The molecule has 1 saturated carbocycles. The van der Waals surface area contributed by atoms with E-state index in [2.05, 4.69) is 10.5 Å².